The average Bonchev–Trinajstić information content (AvgIpc) is 2.94. The molecule has 0 bridgehead atoms. The highest BCUT2D eigenvalue weighted by atomic mass is 32.2. The first kappa shape index (κ1) is 21.6. The third-order valence-corrected chi connectivity index (χ3v) is 7.27. The van der Waals surface area contributed by atoms with Gasteiger partial charge >= 0.3 is 6.09 Å². The monoisotopic (exact) mass is 417 g/mol. The molecule has 2 heterocycles. The first-order chi connectivity index (χ1) is 12.5. The smallest absolute Gasteiger partial charge is 0.408 e. The molecule has 10 heteroatoms. The number of thiophene rings is 1. The number of nitrogens with one attached hydrogen (secondary N) is 2. The van der Waals surface area contributed by atoms with Crippen LogP contribution in [0.5, 0.6) is 0 Å². The molecule has 0 atom stereocenters. The molecule has 0 aromatic carbocycles. The van der Waals surface area contributed by atoms with Crippen molar-refractivity contribution in [2.24, 2.45) is 0 Å². The van der Waals surface area contributed by atoms with Crippen molar-refractivity contribution >= 4 is 39.0 Å². The van der Waals surface area contributed by atoms with E-state index in [1.807, 2.05) is 0 Å². The van der Waals surface area contributed by atoms with Crippen LogP contribution in [0.2, 0.25) is 0 Å². The van der Waals surface area contributed by atoms with E-state index in [1.54, 1.807) is 27.7 Å². The number of amides is 2. The lowest BCUT2D eigenvalue weighted by atomic mass is 10.2. The molecule has 1 aliphatic rings. The molecule has 0 radical (unpaired) electrons. The zero-order valence-corrected chi connectivity index (χ0v) is 17.8. The molecule has 0 aliphatic carbocycles. The molecule has 2 amide bonds. The van der Waals surface area contributed by atoms with E-state index in [2.05, 4.69) is 10.6 Å². The number of sulfonamides is 1. The Bertz CT molecular complexity index is 790. The summed E-state index contributed by atoms with van der Waals surface area (Å²) in [5, 5.41) is 5.01. The lowest BCUT2D eigenvalue weighted by Gasteiger charge is -2.25. The maximum atomic E-state index is 12.7. The van der Waals surface area contributed by atoms with E-state index in [0.29, 0.717) is 23.7 Å². The first-order valence-corrected chi connectivity index (χ1v) is 11.1. The molecule has 0 unspecified atom stereocenters. The van der Waals surface area contributed by atoms with Crippen molar-refractivity contribution in [3.63, 3.8) is 0 Å². The van der Waals surface area contributed by atoms with Crippen molar-refractivity contribution in [1.82, 2.24) is 9.62 Å². The number of carbonyl (C=O) groups is 2. The predicted molar refractivity (Wildman–Crippen MR) is 105 cm³/mol. The van der Waals surface area contributed by atoms with E-state index in [1.165, 1.54) is 10.4 Å². The van der Waals surface area contributed by atoms with E-state index in [0.717, 1.165) is 30.6 Å². The molecular weight excluding hydrogens is 390 g/mol. The van der Waals surface area contributed by atoms with Gasteiger partial charge in [0.2, 0.25) is 5.91 Å². The number of hydrogen-bond donors (Lipinski definition) is 2. The van der Waals surface area contributed by atoms with Gasteiger partial charge in [-0.25, -0.2) is 13.2 Å². The molecule has 0 spiro atoms. The number of ether oxygens (including phenoxy) is 1. The third-order valence-electron chi connectivity index (χ3n) is 3.87. The minimum absolute atomic E-state index is 0.220. The van der Waals surface area contributed by atoms with E-state index in [4.69, 9.17) is 4.74 Å². The number of carbonyl (C=O) groups excluding carboxylic acids is 2. The van der Waals surface area contributed by atoms with E-state index in [-0.39, 0.29) is 10.8 Å². The molecule has 0 saturated carbocycles. The standard InChI is InChI=1S/C17H27N3O5S2/c1-12-13(19-14(21)11-18-16(22)25-17(2,3)4)10-15(26-12)27(23,24)20-8-6-5-7-9-20/h10H,5-9,11H2,1-4H3,(H,18,22)(H,19,21). The van der Waals surface area contributed by atoms with Crippen LogP contribution in [0.25, 0.3) is 0 Å². The van der Waals surface area contributed by atoms with Crippen molar-refractivity contribution < 1.29 is 22.7 Å². The second kappa shape index (κ2) is 8.57. The second-order valence-corrected chi connectivity index (χ2v) is 10.8. The van der Waals surface area contributed by atoms with Gasteiger partial charge in [-0.1, -0.05) is 6.42 Å². The fraction of sp³-hybridized carbons (Fsp3) is 0.647. The van der Waals surface area contributed by atoms with Gasteiger partial charge in [0, 0.05) is 18.0 Å². The summed E-state index contributed by atoms with van der Waals surface area (Å²) in [6, 6.07) is 1.48. The van der Waals surface area contributed by atoms with Crippen molar-refractivity contribution in [3.8, 4) is 0 Å². The number of aryl methyl sites for hydroxylation is 1. The van der Waals surface area contributed by atoms with Crippen molar-refractivity contribution in [2.75, 3.05) is 25.0 Å². The number of hydrogen-bond acceptors (Lipinski definition) is 6. The fourth-order valence-corrected chi connectivity index (χ4v) is 5.67. The van der Waals surface area contributed by atoms with Gasteiger partial charge in [-0.15, -0.1) is 11.3 Å². The summed E-state index contributed by atoms with van der Waals surface area (Å²) in [5.41, 5.74) is -0.214. The second-order valence-electron chi connectivity index (χ2n) is 7.40. The summed E-state index contributed by atoms with van der Waals surface area (Å²) in [6.45, 7) is 7.72. The highest BCUT2D eigenvalue weighted by Crippen LogP contribution is 2.32. The number of alkyl carbamates (subject to hydrolysis) is 1. The maximum Gasteiger partial charge on any atom is 0.408 e. The molecule has 152 valence electrons. The highest BCUT2D eigenvalue weighted by Gasteiger charge is 2.28. The van der Waals surface area contributed by atoms with Crippen LogP contribution in [0.15, 0.2) is 10.3 Å². The van der Waals surface area contributed by atoms with Crippen LogP contribution in [0.3, 0.4) is 0 Å². The molecule has 1 aromatic heterocycles. The molecular formula is C17H27N3O5S2. The van der Waals surface area contributed by atoms with Crippen LogP contribution in [-0.2, 0) is 19.6 Å². The van der Waals surface area contributed by atoms with Crippen LogP contribution in [0.1, 0.15) is 44.9 Å². The summed E-state index contributed by atoms with van der Waals surface area (Å²) in [5.74, 6) is -0.455. The quantitative estimate of drug-likeness (QED) is 0.766. The van der Waals surface area contributed by atoms with Crippen LogP contribution in [0.4, 0.5) is 10.5 Å². The highest BCUT2D eigenvalue weighted by molar-refractivity contribution is 7.91. The van der Waals surface area contributed by atoms with Crippen molar-refractivity contribution in [3.05, 3.63) is 10.9 Å². The molecule has 2 rings (SSSR count). The summed E-state index contributed by atoms with van der Waals surface area (Å²) in [6.07, 6.45) is 2.09. The van der Waals surface area contributed by atoms with Gasteiger partial charge in [0.05, 0.1) is 5.69 Å². The molecule has 1 aromatic rings. The Balaban J connectivity index is 1.98. The minimum atomic E-state index is -3.53. The Morgan fingerprint density at radius 2 is 1.85 bits per heavy atom. The van der Waals surface area contributed by atoms with Gasteiger partial charge in [-0.2, -0.15) is 4.31 Å². The Labute approximate surface area is 164 Å². The van der Waals surface area contributed by atoms with E-state index >= 15 is 0 Å². The van der Waals surface area contributed by atoms with Gasteiger partial charge in [0.15, 0.2) is 0 Å². The normalized spacial score (nSPS) is 16.0. The Kier molecular flexibility index (Phi) is 6.87. The lowest BCUT2D eigenvalue weighted by Crippen LogP contribution is -2.37. The number of nitrogens with zero attached hydrogens (tertiary/aromatic N) is 1. The Morgan fingerprint density at radius 3 is 2.44 bits per heavy atom. The summed E-state index contributed by atoms with van der Waals surface area (Å²) >= 11 is 1.13. The van der Waals surface area contributed by atoms with Gasteiger partial charge < -0.3 is 15.4 Å². The molecule has 1 fully saturated rings. The van der Waals surface area contributed by atoms with Crippen LogP contribution in [0, 0.1) is 6.92 Å². The molecule has 2 N–H and O–H groups in total. The number of piperidine rings is 1. The number of rotatable bonds is 5. The zero-order chi connectivity index (χ0) is 20.2. The van der Waals surface area contributed by atoms with Gasteiger partial charge in [0.1, 0.15) is 16.4 Å². The zero-order valence-electron chi connectivity index (χ0n) is 16.1. The molecule has 8 nitrogen and oxygen atoms in total. The van der Waals surface area contributed by atoms with Crippen LogP contribution >= 0.6 is 11.3 Å². The largest absolute Gasteiger partial charge is 0.444 e. The summed E-state index contributed by atoms with van der Waals surface area (Å²) in [4.78, 5) is 24.3. The van der Waals surface area contributed by atoms with Gasteiger partial charge in [-0.05, 0) is 46.6 Å². The summed E-state index contributed by atoms with van der Waals surface area (Å²) in [7, 11) is -3.53. The van der Waals surface area contributed by atoms with Crippen LogP contribution in [-0.4, -0.2) is 50.0 Å². The van der Waals surface area contributed by atoms with Gasteiger partial charge in [0.25, 0.3) is 10.0 Å². The SMILES string of the molecule is Cc1sc(S(=O)(=O)N2CCCCC2)cc1NC(=O)CNC(=O)OC(C)(C)C. The summed E-state index contributed by atoms with van der Waals surface area (Å²) < 4.78 is 32.3. The lowest BCUT2D eigenvalue weighted by molar-refractivity contribution is -0.115. The third kappa shape index (κ3) is 6.18. The first-order valence-electron chi connectivity index (χ1n) is 8.86. The average molecular weight is 418 g/mol. The predicted octanol–water partition coefficient (Wildman–Crippen LogP) is 2.69. The maximum absolute atomic E-state index is 12.7. The molecule has 1 saturated heterocycles. The minimum Gasteiger partial charge on any atom is -0.444 e. The molecule has 1 aliphatic heterocycles. The van der Waals surface area contributed by atoms with Crippen LogP contribution < -0.4 is 10.6 Å². The number of anilines is 1. The van der Waals surface area contributed by atoms with Crippen molar-refractivity contribution in [1.29, 1.82) is 0 Å². The Hall–Kier alpha value is -1.65. The van der Waals surface area contributed by atoms with E-state index in [9.17, 15) is 18.0 Å². The molecule has 27 heavy (non-hydrogen) atoms. The van der Waals surface area contributed by atoms with E-state index < -0.39 is 27.6 Å². The van der Waals surface area contributed by atoms with Gasteiger partial charge in [-0.3, -0.25) is 4.79 Å². The fourth-order valence-electron chi connectivity index (χ4n) is 2.60. The Morgan fingerprint density at radius 1 is 1.22 bits per heavy atom. The van der Waals surface area contributed by atoms with Crippen molar-refractivity contribution in [2.45, 2.75) is 56.8 Å². The topological polar surface area (TPSA) is 105 Å².